The monoisotopic (exact) mass is 452 g/mol. The molecular weight excluding hydrogens is 420 g/mol. The number of nitrogens with one attached hydrogen (secondary N) is 2. The zero-order chi connectivity index (χ0) is 24.2. The number of carbonyl (C=O) groups is 3. The van der Waals surface area contributed by atoms with Gasteiger partial charge in [-0.15, -0.1) is 0 Å². The highest BCUT2D eigenvalue weighted by Gasteiger charge is 2.32. The molecule has 3 N–H and O–H groups in total. The average Bonchev–Trinajstić information content (AvgIpc) is 3.09. The van der Waals surface area contributed by atoms with Crippen LogP contribution in [0.2, 0.25) is 0 Å². The number of carbonyl (C=O) groups excluding carboxylic acids is 2. The lowest BCUT2D eigenvalue weighted by molar-refractivity contribution is -0.138. The highest BCUT2D eigenvalue weighted by atomic mass is 16.5. The molecule has 0 bridgehead atoms. The Bertz CT molecular complexity index is 985. The fraction of sp³-hybridized carbons (Fsp3) is 0.423. The molecule has 2 aromatic carbocycles. The van der Waals surface area contributed by atoms with Gasteiger partial charge in [-0.2, -0.15) is 0 Å². The van der Waals surface area contributed by atoms with Crippen LogP contribution >= 0.6 is 0 Å². The summed E-state index contributed by atoms with van der Waals surface area (Å²) in [6.45, 7) is 7.37. The number of ether oxygens (including phenoxy) is 1. The number of carboxylic acids is 1. The summed E-state index contributed by atoms with van der Waals surface area (Å²) in [5, 5.41) is 14.6. The van der Waals surface area contributed by atoms with E-state index in [1.54, 1.807) is 13.8 Å². The van der Waals surface area contributed by atoms with E-state index in [9.17, 15) is 14.4 Å². The smallest absolute Gasteiger partial charge is 0.407 e. The van der Waals surface area contributed by atoms with Crippen LogP contribution in [0, 0.1) is 11.3 Å². The molecule has 0 unspecified atom stereocenters. The van der Waals surface area contributed by atoms with Crippen molar-refractivity contribution in [3.05, 3.63) is 59.7 Å². The van der Waals surface area contributed by atoms with Crippen molar-refractivity contribution in [3.8, 4) is 11.1 Å². The number of carboxylic acid groups (broad SMARTS) is 1. The first-order chi connectivity index (χ1) is 15.6. The molecule has 3 rings (SSSR count). The maximum absolute atomic E-state index is 12.7. The Morgan fingerprint density at radius 2 is 1.55 bits per heavy atom. The fourth-order valence-electron chi connectivity index (χ4n) is 4.03. The first-order valence-corrected chi connectivity index (χ1v) is 11.2. The van der Waals surface area contributed by atoms with Gasteiger partial charge in [0.15, 0.2) is 0 Å². The molecule has 0 aromatic heterocycles. The molecular formula is C26H32N2O5. The highest BCUT2D eigenvalue weighted by Crippen LogP contribution is 2.44. The number of rotatable bonds is 9. The van der Waals surface area contributed by atoms with Crippen molar-refractivity contribution in [2.75, 3.05) is 13.2 Å². The molecule has 1 atom stereocenters. The lowest BCUT2D eigenvalue weighted by Gasteiger charge is -2.28. The molecule has 0 saturated heterocycles. The Kier molecular flexibility index (Phi) is 7.41. The summed E-state index contributed by atoms with van der Waals surface area (Å²) in [4.78, 5) is 36.2. The first-order valence-electron chi connectivity index (χ1n) is 11.2. The van der Waals surface area contributed by atoms with Crippen molar-refractivity contribution in [1.29, 1.82) is 0 Å². The number of benzene rings is 2. The third-order valence-corrected chi connectivity index (χ3v) is 6.15. The molecule has 33 heavy (non-hydrogen) atoms. The van der Waals surface area contributed by atoms with E-state index in [0.717, 1.165) is 22.3 Å². The quantitative estimate of drug-likeness (QED) is 0.530. The summed E-state index contributed by atoms with van der Waals surface area (Å²) in [5.41, 5.74) is 3.63. The largest absolute Gasteiger partial charge is 0.481 e. The Balaban J connectivity index is 1.56. The molecule has 1 aliphatic carbocycles. The van der Waals surface area contributed by atoms with Gasteiger partial charge in [-0.05, 0) is 42.0 Å². The average molecular weight is 453 g/mol. The van der Waals surface area contributed by atoms with Crippen LogP contribution in [-0.4, -0.2) is 42.3 Å². The SMILES string of the molecule is CC(C)[C@@H](CC(=O)O)NC(=O)C(C)(C)CNC(=O)OCC1c2ccccc2-c2ccccc21. The minimum absolute atomic E-state index is 0.0315. The topological polar surface area (TPSA) is 105 Å². The maximum Gasteiger partial charge on any atom is 0.407 e. The molecule has 0 radical (unpaired) electrons. The molecule has 0 spiro atoms. The van der Waals surface area contributed by atoms with Crippen LogP contribution < -0.4 is 10.6 Å². The van der Waals surface area contributed by atoms with Crippen LogP contribution in [-0.2, 0) is 14.3 Å². The summed E-state index contributed by atoms with van der Waals surface area (Å²) in [5.74, 6) is -1.36. The minimum atomic E-state index is -0.969. The van der Waals surface area contributed by atoms with Gasteiger partial charge in [0, 0.05) is 18.5 Å². The number of aliphatic carboxylic acids is 1. The molecule has 1 aliphatic rings. The molecule has 0 heterocycles. The number of alkyl carbamates (subject to hydrolysis) is 1. The molecule has 7 nitrogen and oxygen atoms in total. The van der Waals surface area contributed by atoms with Crippen LogP contribution in [0.3, 0.4) is 0 Å². The molecule has 2 amide bonds. The number of hydrogen-bond donors (Lipinski definition) is 3. The number of amides is 2. The summed E-state index contributed by atoms with van der Waals surface area (Å²) >= 11 is 0. The molecule has 2 aromatic rings. The van der Waals surface area contributed by atoms with Crippen LogP contribution in [0.15, 0.2) is 48.5 Å². The second-order valence-corrected chi connectivity index (χ2v) is 9.48. The van der Waals surface area contributed by atoms with Crippen LogP contribution in [0.5, 0.6) is 0 Å². The zero-order valence-electron chi connectivity index (χ0n) is 19.6. The van der Waals surface area contributed by atoms with E-state index in [4.69, 9.17) is 9.84 Å². The van der Waals surface area contributed by atoms with E-state index in [1.165, 1.54) is 0 Å². The van der Waals surface area contributed by atoms with Gasteiger partial charge in [-0.3, -0.25) is 9.59 Å². The van der Waals surface area contributed by atoms with Crippen LogP contribution in [0.25, 0.3) is 11.1 Å². The predicted octanol–water partition coefficient (Wildman–Crippen LogP) is 4.17. The fourth-order valence-corrected chi connectivity index (χ4v) is 4.03. The van der Waals surface area contributed by atoms with Crippen LogP contribution in [0.1, 0.15) is 51.2 Å². The summed E-state index contributed by atoms with van der Waals surface area (Å²) < 4.78 is 5.53. The summed E-state index contributed by atoms with van der Waals surface area (Å²) in [7, 11) is 0. The van der Waals surface area contributed by atoms with Crippen molar-refractivity contribution < 1.29 is 24.2 Å². The molecule has 176 valence electrons. The molecule has 0 fully saturated rings. The maximum atomic E-state index is 12.7. The predicted molar refractivity (Wildman–Crippen MR) is 126 cm³/mol. The van der Waals surface area contributed by atoms with Crippen LogP contribution in [0.4, 0.5) is 4.79 Å². The van der Waals surface area contributed by atoms with Gasteiger partial charge in [0.05, 0.1) is 11.8 Å². The molecule has 7 heteroatoms. The van der Waals surface area contributed by atoms with Gasteiger partial charge in [0.2, 0.25) is 5.91 Å². The summed E-state index contributed by atoms with van der Waals surface area (Å²) in [6.07, 6.45) is -0.747. The zero-order valence-corrected chi connectivity index (χ0v) is 19.6. The standard InChI is InChI=1S/C26H32N2O5/c1-16(2)22(13-23(29)30)28-24(31)26(3,4)15-27-25(32)33-14-21-19-11-7-5-9-17(19)18-10-6-8-12-20(18)21/h5-12,16,21-22H,13-15H2,1-4H3,(H,27,32)(H,28,31)(H,29,30)/t22-/m1/s1. The highest BCUT2D eigenvalue weighted by molar-refractivity contribution is 5.83. The van der Waals surface area contributed by atoms with E-state index < -0.39 is 23.5 Å². The van der Waals surface area contributed by atoms with Crippen molar-refractivity contribution in [2.45, 2.75) is 46.1 Å². The molecule has 0 aliphatic heterocycles. The van der Waals surface area contributed by atoms with Gasteiger partial charge in [0.25, 0.3) is 0 Å². The lowest BCUT2D eigenvalue weighted by Crippen LogP contribution is -2.50. The third kappa shape index (κ3) is 5.72. The summed E-state index contributed by atoms with van der Waals surface area (Å²) in [6, 6.07) is 15.7. The van der Waals surface area contributed by atoms with E-state index in [2.05, 4.69) is 34.9 Å². The molecule has 0 saturated carbocycles. The van der Waals surface area contributed by atoms with E-state index in [1.807, 2.05) is 38.1 Å². The van der Waals surface area contributed by atoms with Crippen molar-refractivity contribution in [2.24, 2.45) is 11.3 Å². The van der Waals surface area contributed by atoms with Gasteiger partial charge in [-0.25, -0.2) is 4.79 Å². The minimum Gasteiger partial charge on any atom is -0.481 e. The second-order valence-electron chi connectivity index (χ2n) is 9.48. The first kappa shape index (κ1) is 24.3. The Morgan fingerprint density at radius 3 is 2.06 bits per heavy atom. The third-order valence-electron chi connectivity index (χ3n) is 6.15. The number of fused-ring (bicyclic) bond motifs is 3. The van der Waals surface area contributed by atoms with Crippen molar-refractivity contribution >= 4 is 18.0 Å². The van der Waals surface area contributed by atoms with E-state index in [0.29, 0.717) is 0 Å². The Labute approximate surface area is 194 Å². The van der Waals surface area contributed by atoms with Crippen molar-refractivity contribution in [1.82, 2.24) is 10.6 Å². The Hall–Kier alpha value is -3.35. The Morgan fingerprint density at radius 1 is 1.00 bits per heavy atom. The van der Waals surface area contributed by atoms with Gasteiger partial charge in [-0.1, -0.05) is 62.4 Å². The number of hydrogen-bond acceptors (Lipinski definition) is 4. The van der Waals surface area contributed by atoms with E-state index in [-0.39, 0.29) is 37.3 Å². The van der Waals surface area contributed by atoms with Gasteiger partial charge in [0.1, 0.15) is 6.61 Å². The van der Waals surface area contributed by atoms with Gasteiger partial charge >= 0.3 is 12.1 Å². The second kappa shape index (κ2) is 10.1. The normalized spacial score (nSPS) is 13.7. The lowest BCUT2D eigenvalue weighted by atomic mass is 9.90. The van der Waals surface area contributed by atoms with Crippen molar-refractivity contribution in [3.63, 3.8) is 0 Å². The van der Waals surface area contributed by atoms with Gasteiger partial charge < -0.3 is 20.5 Å². The van der Waals surface area contributed by atoms with E-state index >= 15 is 0 Å².